The van der Waals surface area contributed by atoms with E-state index in [0.717, 1.165) is 53.2 Å². The van der Waals surface area contributed by atoms with E-state index < -0.39 is 0 Å². The Bertz CT molecular complexity index is 1200. The number of rotatable bonds is 7. The van der Waals surface area contributed by atoms with Crippen LogP contribution in [0, 0.1) is 0 Å². The van der Waals surface area contributed by atoms with Crippen molar-refractivity contribution in [3.63, 3.8) is 0 Å². The van der Waals surface area contributed by atoms with Gasteiger partial charge in [0.05, 0.1) is 10.0 Å². The average Bonchev–Trinajstić information content (AvgIpc) is 3.14. The third-order valence-electron chi connectivity index (χ3n) is 7.26. The molecule has 6 heteroatoms. The van der Waals surface area contributed by atoms with E-state index >= 15 is 0 Å². The van der Waals surface area contributed by atoms with Crippen molar-refractivity contribution in [2.45, 2.75) is 74.3 Å². The summed E-state index contributed by atoms with van der Waals surface area (Å²) in [5.74, 6) is 2.28. The summed E-state index contributed by atoms with van der Waals surface area (Å²) in [5.41, 5.74) is 3.13. The Morgan fingerprint density at radius 1 is 0.944 bits per heavy atom. The maximum Gasteiger partial charge on any atom is 0.254 e. The first-order chi connectivity index (χ1) is 17.4. The van der Waals surface area contributed by atoms with Gasteiger partial charge in [-0.25, -0.2) is 0 Å². The Morgan fingerprint density at radius 2 is 1.58 bits per heavy atom. The largest absolute Gasteiger partial charge is 0.490 e. The quantitative estimate of drug-likeness (QED) is 0.281. The zero-order chi connectivity index (χ0) is 25.2. The smallest absolute Gasteiger partial charge is 0.254 e. The third-order valence-corrected chi connectivity index (χ3v) is 9.32. The molecule has 0 radical (unpaired) electrons. The number of fused-ring (bicyclic) bond motifs is 2. The molecule has 1 amide bonds. The molecular formula is C30H31Cl2NO2S. The predicted octanol–water partition coefficient (Wildman–Crippen LogP) is 8.62. The van der Waals surface area contributed by atoms with Crippen molar-refractivity contribution in [1.29, 1.82) is 0 Å². The molecule has 188 valence electrons. The van der Waals surface area contributed by atoms with E-state index in [1.54, 1.807) is 11.8 Å². The van der Waals surface area contributed by atoms with E-state index in [2.05, 4.69) is 36.9 Å². The first-order valence-corrected chi connectivity index (χ1v) is 14.4. The minimum absolute atomic E-state index is 0.136. The van der Waals surface area contributed by atoms with Crippen LogP contribution >= 0.6 is 35.0 Å². The summed E-state index contributed by atoms with van der Waals surface area (Å²) in [7, 11) is 0. The van der Waals surface area contributed by atoms with Crippen molar-refractivity contribution < 1.29 is 9.53 Å². The van der Waals surface area contributed by atoms with Crippen molar-refractivity contribution in [2.75, 3.05) is 0 Å². The number of carbonyl (C=O) groups is 1. The molecule has 2 bridgehead atoms. The number of amides is 1. The first kappa shape index (κ1) is 25.5. The summed E-state index contributed by atoms with van der Waals surface area (Å²) in [6.45, 7) is 4.39. The zero-order valence-corrected chi connectivity index (χ0v) is 23.0. The number of hydrogen-bond acceptors (Lipinski definition) is 3. The summed E-state index contributed by atoms with van der Waals surface area (Å²) in [4.78, 5) is 16.5. The molecule has 3 aromatic carbocycles. The lowest BCUT2D eigenvalue weighted by molar-refractivity contribution is 0.0356. The maximum atomic E-state index is 13.5. The number of thioether (sulfide) groups is 1. The molecule has 1 unspecified atom stereocenters. The Morgan fingerprint density at radius 3 is 2.22 bits per heavy atom. The van der Waals surface area contributed by atoms with Gasteiger partial charge in [0.1, 0.15) is 11.9 Å². The van der Waals surface area contributed by atoms with Crippen LogP contribution in [0.15, 0.2) is 71.6 Å². The highest BCUT2D eigenvalue weighted by Gasteiger charge is 2.44. The van der Waals surface area contributed by atoms with Gasteiger partial charge in [0.2, 0.25) is 0 Å². The van der Waals surface area contributed by atoms with Crippen LogP contribution in [0.3, 0.4) is 0 Å². The van der Waals surface area contributed by atoms with Crippen LogP contribution in [0.2, 0.25) is 10.0 Å². The van der Waals surface area contributed by atoms with Gasteiger partial charge >= 0.3 is 0 Å². The molecule has 2 aliphatic heterocycles. The molecule has 2 heterocycles. The second-order valence-electron chi connectivity index (χ2n) is 10.0. The number of para-hydroxylation sites is 1. The van der Waals surface area contributed by atoms with Gasteiger partial charge in [-0.1, -0.05) is 73.4 Å². The third kappa shape index (κ3) is 5.41. The van der Waals surface area contributed by atoms with Crippen LogP contribution in [-0.4, -0.2) is 29.0 Å². The zero-order valence-electron chi connectivity index (χ0n) is 20.6. The van der Waals surface area contributed by atoms with Crippen LogP contribution in [-0.2, 0) is 5.75 Å². The highest BCUT2D eigenvalue weighted by Crippen LogP contribution is 2.40. The molecule has 0 aliphatic carbocycles. The molecule has 5 rings (SSSR count). The van der Waals surface area contributed by atoms with Crippen molar-refractivity contribution in [3.8, 4) is 5.75 Å². The van der Waals surface area contributed by atoms with Crippen LogP contribution in [0.25, 0.3) is 0 Å². The number of hydrogen-bond donors (Lipinski definition) is 0. The fourth-order valence-corrected chi connectivity index (χ4v) is 7.11. The van der Waals surface area contributed by atoms with Crippen molar-refractivity contribution in [3.05, 3.63) is 93.5 Å². The molecule has 36 heavy (non-hydrogen) atoms. The number of carbonyl (C=O) groups excluding carboxylic acids is 1. The number of halogens is 2. The van der Waals surface area contributed by atoms with Crippen LogP contribution < -0.4 is 4.74 Å². The second-order valence-corrected chi connectivity index (χ2v) is 11.8. The fourth-order valence-electron chi connectivity index (χ4n) is 5.47. The van der Waals surface area contributed by atoms with E-state index in [-0.39, 0.29) is 24.1 Å². The summed E-state index contributed by atoms with van der Waals surface area (Å²) < 4.78 is 6.50. The van der Waals surface area contributed by atoms with Crippen molar-refractivity contribution in [1.82, 2.24) is 4.90 Å². The maximum absolute atomic E-state index is 13.5. The normalized spacial score (nSPS) is 21.1. The summed E-state index contributed by atoms with van der Waals surface area (Å²) in [5, 5.41) is 1.32. The molecule has 3 aromatic rings. The molecule has 0 spiro atoms. The van der Waals surface area contributed by atoms with Gasteiger partial charge in [-0.2, -0.15) is 0 Å². The van der Waals surface area contributed by atoms with Crippen LogP contribution in [0.1, 0.15) is 66.9 Å². The molecule has 2 aliphatic rings. The number of ether oxygens (including phenoxy) is 1. The van der Waals surface area contributed by atoms with E-state index in [4.69, 9.17) is 27.9 Å². The Labute approximate surface area is 228 Å². The minimum Gasteiger partial charge on any atom is -0.490 e. The Balaban J connectivity index is 1.22. The van der Waals surface area contributed by atoms with Crippen LogP contribution in [0.4, 0.5) is 0 Å². The van der Waals surface area contributed by atoms with E-state index in [1.165, 1.54) is 5.56 Å². The average molecular weight is 541 g/mol. The molecule has 0 aromatic heterocycles. The summed E-state index contributed by atoms with van der Waals surface area (Å²) in [6.07, 6.45) is 4.04. The van der Waals surface area contributed by atoms with Crippen molar-refractivity contribution >= 4 is 40.9 Å². The SMILES string of the molecule is CC(C)c1ccccc1OC1C[C@H]2CC[C@@H](C1)N2C(=O)c1ccc(CSc2c(Cl)cccc2Cl)cc1. The molecular weight excluding hydrogens is 509 g/mol. The lowest BCUT2D eigenvalue weighted by Crippen LogP contribution is -2.49. The van der Waals surface area contributed by atoms with Gasteiger partial charge in [-0.3, -0.25) is 4.79 Å². The van der Waals surface area contributed by atoms with E-state index in [1.807, 2.05) is 48.5 Å². The van der Waals surface area contributed by atoms with Gasteiger partial charge < -0.3 is 9.64 Å². The van der Waals surface area contributed by atoms with Gasteiger partial charge in [0, 0.05) is 41.1 Å². The molecule has 2 fully saturated rings. The molecule has 3 atom stereocenters. The van der Waals surface area contributed by atoms with E-state index in [9.17, 15) is 4.79 Å². The molecule has 0 saturated carbocycles. The van der Waals surface area contributed by atoms with Gasteiger partial charge in [0.25, 0.3) is 5.91 Å². The summed E-state index contributed by atoms with van der Waals surface area (Å²) >= 11 is 14.2. The van der Waals surface area contributed by atoms with E-state index in [0.29, 0.717) is 16.0 Å². The van der Waals surface area contributed by atoms with Gasteiger partial charge in [-0.05, 0) is 60.2 Å². The highest BCUT2D eigenvalue weighted by molar-refractivity contribution is 7.98. The van der Waals surface area contributed by atoms with Gasteiger partial charge in [0.15, 0.2) is 0 Å². The molecule has 2 saturated heterocycles. The topological polar surface area (TPSA) is 29.5 Å². The number of benzene rings is 3. The molecule has 0 N–H and O–H groups in total. The first-order valence-electron chi connectivity index (χ1n) is 12.6. The second kappa shape index (κ2) is 11.1. The Hall–Kier alpha value is -2.14. The molecule has 3 nitrogen and oxygen atoms in total. The van der Waals surface area contributed by atoms with Crippen molar-refractivity contribution in [2.24, 2.45) is 0 Å². The lowest BCUT2D eigenvalue weighted by atomic mass is 9.97. The van der Waals surface area contributed by atoms with Gasteiger partial charge in [-0.15, -0.1) is 11.8 Å². The lowest BCUT2D eigenvalue weighted by Gasteiger charge is -2.39. The van der Waals surface area contributed by atoms with Crippen LogP contribution in [0.5, 0.6) is 5.75 Å². The Kier molecular flexibility index (Phi) is 7.85. The predicted molar refractivity (Wildman–Crippen MR) is 150 cm³/mol. The number of nitrogens with zero attached hydrogens (tertiary/aromatic N) is 1. The number of piperidine rings is 1. The standard InChI is InChI=1S/C30H31Cl2NO2S/c1-19(2)25-6-3-4-9-28(25)35-24-16-22-14-15-23(17-24)33(22)30(34)21-12-10-20(11-13-21)18-36-29-26(31)7-5-8-27(29)32/h3-13,19,22-24H,14-18H2,1-2H3/t22-,23+,24?. The monoisotopic (exact) mass is 539 g/mol. The highest BCUT2D eigenvalue weighted by atomic mass is 35.5. The minimum atomic E-state index is 0.136. The fraction of sp³-hybridized carbons (Fsp3) is 0.367. The summed E-state index contributed by atoms with van der Waals surface area (Å²) in [6, 6.07) is 22.3.